The minimum absolute atomic E-state index is 0.149. The third-order valence-electron chi connectivity index (χ3n) is 3.52. The minimum Gasteiger partial charge on any atom is -0.310 e. The van der Waals surface area contributed by atoms with Crippen LogP contribution in [0.2, 0.25) is 0 Å². The van der Waals surface area contributed by atoms with Crippen molar-refractivity contribution >= 4 is 0 Å². The predicted molar refractivity (Wildman–Crippen MR) is 79.8 cm³/mol. The molecule has 0 aliphatic rings. The molecule has 108 valence electrons. The van der Waals surface area contributed by atoms with E-state index in [1.54, 1.807) is 12.1 Å². The monoisotopic (exact) mass is 266 g/mol. The van der Waals surface area contributed by atoms with E-state index in [-0.39, 0.29) is 11.9 Å². The lowest BCUT2D eigenvalue weighted by molar-refractivity contribution is 0.281. The van der Waals surface area contributed by atoms with Crippen LogP contribution in [0.15, 0.2) is 24.3 Å². The van der Waals surface area contributed by atoms with Gasteiger partial charge in [0, 0.05) is 6.04 Å². The highest BCUT2D eigenvalue weighted by Crippen LogP contribution is 2.18. The molecule has 0 bridgehead atoms. The zero-order valence-corrected chi connectivity index (χ0v) is 12.5. The van der Waals surface area contributed by atoms with E-state index in [1.807, 2.05) is 6.07 Å². The van der Waals surface area contributed by atoms with Crippen molar-refractivity contribution in [2.24, 2.45) is 0 Å². The van der Waals surface area contributed by atoms with Crippen LogP contribution in [0.5, 0.6) is 0 Å². The Kier molecular flexibility index (Phi) is 7.68. The topological polar surface area (TPSA) is 15.3 Å². The molecule has 0 aliphatic heterocycles. The average molecular weight is 266 g/mol. The molecule has 0 saturated carbocycles. The van der Waals surface area contributed by atoms with Gasteiger partial charge in [0.1, 0.15) is 5.82 Å². The molecule has 1 atom stereocenters. The van der Waals surface area contributed by atoms with E-state index in [0.29, 0.717) is 0 Å². The zero-order chi connectivity index (χ0) is 14.1. The molecular formula is C16H27FN2. The second-order valence-electron chi connectivity index (χ2n) is 4.88. The van der Waals surface area contributed by atoms with Crippen LogP contribution >= 0.6 is 0 Å². The summed E-state index contributed by atoms with van der Waals surface area (Å²) in [5.41, 5.74) is 1.06. The number of hydrogen-bond acceptors (Lipinski definition) is 2. The lowest BCUT2D eigenvalue weighted by atomic mass is 10.0. The van der Waals surface area contributed by atoms with Gasteiger partial charge in [-0.25, -0.2) is 4.39 Å². The van der Waals surface area contributed by atoms with Crippen LogP contribution in [0.1, 0.15) is 45.2 Å². The maximum atomic E-state index is 13.3. The molecule has 0 amide bonds. The number of nitrogens with one attached hydrogen (secondary N) is 1. The van der Waals surface area contributed by atoms with Crippen molar-refractivity contribution in [3.05, 3.63) is 35.6 Å². The Morgan fingerprint density at radius 1 is 1.21 bits per heavy atom. The van der Waals surface area contributed by atoms with E-state index in [1.165, 1.54) is 6.07 Å². The molecule has 0 aliphatic carbocycles. The first-order valence-corrected chi connectivity index (χ1v) is 7.42. The molecule has 3 heteroatoms. The third-order valence-corrected chi connectivity index (χ3v) is 3.52. The maximum Gasteiger partial charge on any atom is 0.123 e. The van der Waals surface area contributed by atoms with Crippen LogP contribution in [-0.4, -0.2) is 31.1 Å². The van der Waals surface area contributed by atoms with Gasteiger partial charge in [0.25, 0.3) is 0 Å². The zero-order valence-electron chi connectivity index (χ0n) is 12.5. The average Bonchev–Trinajstić information content (AvgIpc) is 2.43. The predicted octanol–water partition coefficient (Wildman–Crippen LogP) is 3.60. The number of nitrogens with zero attached hydrogens (tertiary/aromatic N) is 1. The van der Waals surface area contributed by atoms with Gasteiger partial charge in [-0.2, -0.15) is 0 Å². The van der Waals surface area contributed by atoms with E-state index in [0.717, 1.165) is 44.6 Å². The largest absolute Gasteiger partial charge is 0.310 e. The minimum atomic E-state index is -0.149. The molecule has 0 saturated heterocycles. The lowest BCUT2D eigenvalue weighted by Crippen LogP contribution is -2.30. The van der Waals surface area contributed by atoms with Crippen LogP contribution in [-0.2, 0) is 0 Å². The molecule has 0 radical (unpaired) electrons. The first-order valence-electron chi connectivity index (χ1n) is 7.42. The van der Waals surface area contributed by atoms with Crippen LogP contribution in [0.25, 0.3) is 0 Å². The van der Waals surface area contributed by atoms with Crippen molar-refractivity contribution in [1.82, 2.24) is 10.2 Å². The summed E-state index contributed by atoms with van der Waals surface area (Å²) < 4.78 is 13.3. The van der Waals surface area contributed by atoms with Crippen molar-refractivity contribution in [2.45, 2.75) is 39.7 Å². The Labute approximate surface area is 117 Å². The number of rotatable bonds is 9. The van der Waals surface area contributed by atoms with Crippen LogP contribution in [0.3, 0.4) is 0 Å². The number of benzene rings is 1. The molecule has 1 rings (SSSR count). The molecule has 2 nitrogen and oxygen atoms in total. The molecule has 0 fully saturated rings. The van der Waals surface area contributed by atoms with E-state index in [2.05, 4.69) is 31.0 Å². The summed E-state index contributed by atoms with van der Waals surface area (Å²) in [4.78, 5) is 2.40. The van der Waals surface area contributed by atoms with Crippen molar-refractivity contribution in [1.29, 1.82) is 0 Å². The summed E-state index contributed by atoms with van der Waals surface area (Å²) in [7, 11) is 0. The summed E-state index contributed by atoms with van der Waals surface area (Å²) >= 11 is 0. The second kappa shape index (κ2) is 9.05. The van der Waals surface area contributed by atoms with E-state index in [4.69, 9.17) is 0 Å². The molecule has 1 N–H and O–H groups in total. The van der Waals surface area contributed by atoms with Gasteiger partial charge in [0.15, 0.2) is 0 Å². The van der Waals surface area contributed by atoms with Gasteiger partial charge in [-0.1, -0.05) is 32.9 Å². The van der Waals surface area contributed by atoms with Gasteiger partial charge in [-0.15, -0.1) is 0 Å². The van der Waals surface area contributed by atoms with E-state index >= 15 is 0 Å². The van der Waals surface area contributed by atoms with Crippen molar-refractivity contribution in [3.8, 4) is 0 Å². The highest BCUT2D eigenvalue weighted by atomic mass is 19.1. The Morgan fingerprint density at radius 2 is 1.95 bits per heavy atom. The van der Waals surface area contributed by atoms with Gasteiger partial charge in [-0.05, 0) is 56.7 Å². The molecule has 0 spiro atoms. The Balaban J connectivity index is 2.65. The standard InChI is InChI=1S/C16H27FN2/c1-4-11-18-16(10-12-19(5-2)6-3)14-8-7-9-15(17)13-14/h7-9,13,16,18H,4-6,10-12H2,1-3H3. The fourth-order valence-corrected chi connectivity index (χ4v) is 2.28. The van der Waals surface area contributed by atoms with Crippen molar-refractivity contribution < 1.29 is 4.39 Å². The quantitative estimate of drug-likeness (QED) is 0.734. The maximum absolute atomic E-state index is 13.3. The molecule has 1 aromatic carbocycles. The highest BCUT2D eigenvalue weighted by molar-refractivity contribution is 5.20. The first kappa shape index (κ1) is 16.1. The van der Waals surface area contributed by atoms with Gasteiger partial charge in [0.2, 0.25) is 0 Å². The number of hydrogen-bond donors (Lipinski definition) is 1. The van der Waals surface area contributed by atoms with Crippen LogP contribution < -0.4 is 5.32 Å². The molecule has 0 aromatic heterocycles. The van der Waals surface area contributed by atoms with Gasteiger partial charge < -0.3 is 10.2 Å². The second-order valence-corrected chi connectivity index (χ2v) is 4.88. The van der Waals surface area contributed by atoms with Crippen LogP contribution in [0, 0.1) is 5.82 Å². The normalized spacial score (nSPS) is 12.9. The summed E-state index contributed by atoms with van der Waals surface area (Å²) in [6.45, 7) is 10.7. The summed E-state index contributed by atoms with van der Waals surface area (Å²) in [6, 6.07) is 7.21. The summed E-state index contributed by atoms with van der Waals surface area (Å²) in [5, 5.41) is 3.52. The highest BCUT2D eigenvalue weighted by Gasteiger charge is 2.12. The third kappa shape index (κ3) is 5.70. The van der Waals surface area contributed by atoms with Gasteiger partial charge >= 0.3 is 0 Å². The Hall–Kier alpha value is -0.930. The fraction of sp³-hybridized carbons (Fsp3) is 0.625. The molecule has 1 aromatic rings. The molecule has 19 heavy (non-hydrogen) atoms. The summed E-state index contributed by atoms with van der Waals surface area (Å²) in [6.07, 6.45) is 2.11. The number of halogens is 1. The van der Waals surface area contributed by atoms with E-state index in [9.17, 15) is 4.39 Å². The van der Waals surface area contributed by atoms with Gasteiger partial charge in [-0.3, -0.25) is 0 Å². The van der Waals surface area contributed by atoms with Crippen molar-refractivity contribution in [2.75, 3.05) is 26.2 Å². The Bertz CT molecular complexity index is 350. The van der Waals surface area contributed by atoms with Crippen molar-refractivity contribution in [3.63, 3.8) is 0 Å². The summed E-state index contributed by atoms with van der Waals surface area (Å²) in [5.74, 6) is -0.149. The first-order chi connectivity index (χ1) is 9.21. The SMILES string of the molecule is CCCNC(CCN(CC)CC)c1cccc(F)c1. The van der Waals surface area contributed by atoms with E-state index < -0.39 is 0 Å². The smallest absolute Gasteiger partial charge is 0.123 e. The Morgan fingerprint density at radius 3 is 2.53 bits per heavy atom. The van der Waals surface area contributed by atoms with Crippen LogP contribution in [0.4, 0.5) is 4.39 Å². The molecule has 0 heterocycles. The fourth-order valence-electron chi connectivity index (χ4n) is 2.28. The lowest BCUT2D eigenvalue weighted by Gasteiger charge is -2.24. The molecule has 1 unspecified atom stereocenters. The molecular weight excluding hydrogens is 239 g/mol. The van der Waals surface area contributed by atoms with Gasteiger partial charge in [0.05, 0.1) is 0 Å².